The van der Waals surface area contributed by atoms with Crippen LogP contribution in [0, 0.1) is 0 Å². The van der Waals surface area contributed by atoms with Gasteiger partial charge in [-0.1, -0.05) is 182 Å². The first-order valence-corrected chi connectivity index (χ1v) is 23.9. The van der Waals surface area contributed by atoms with Crippen LogP contribution in [0.15, 0.2) is 42.5 Å². The van der Waals surface area contributed by atoms with Gasteiger partial charge in [0.1, 0.15) is 17.2 Å². The molecule has 2 atom stereocenters. The zero-order valence-corrected chi connectivity index (χ0v) is 37.9. The Labute approximate surface area is 355 Å². The van der Waals surface area contributed by atoms with E-state index in [0.717, 1.165) is 69.1 Å². The third kappa shape index (κ3) is 24.0. The molecule has 2 aromatic carbocycles. The number of nitrogens with one attached hydrogen (secondary N) is 1. The molecule has 0 aromatic heterocycles. The number of aryl methyl sites for hydroxylation is 1. The van der Waals surface area contributed by atoms with Crippen molar-refractivity contribution in [2.24, 2.45) is 5.73 Å². The van der Waals surface area contributed by atoms with Gasteiger partial charge in [-0.2, -0.15) is 0 Å². The van der Waals surface area contributed by atoms with E-state index in [9.17, 15) is 14.7 Å². The zero-order chi connectivity index (χ0) is 42.3. The molecule has 7 nitrogen and oxygen atoms in total. The third-order valence-corrected chi connectivity index (χ3v) is 11.4. The van der Waals surface area contributed by atoms with E-state index in [1.165, 1.54) is 121 Å². The van der Waals surface area contributed by atoms with Gasteiger partial charge in [0.25, 0.3) is 11.8 Å². The molecule has 2 aromatic rings. The van der Waals surface area contributed by atoms with E-state index in [2.05, 4.69) is 37.4 Å². The Hall–Kier alpha value is -3.22. The minimum absolute atomic E-state index is 0.0130. The summed E-state index contributed by atoms with van der Waals surface area (Å²) in [6, 6.07) is 13.5. The summed E-state index contributed by atoms with van der Waals surface area (Å²) in [6.45, 7) is 11.2. The molecule has 4 N–H and O–H groups in total. The summed E-state index contributed by atoms with van der Waals surface area (Å²) >= 11 is 0. The predicted molar refractivity (Wildman–Crippen MR) is 244 cm³/mol. The van der Waals surface area contributed by atoms with Gasteiger partial charge in [0.15, 0.2) is 12.2 Å². The number of hydrogen-bond donors (Lipinski definition) is 3. The second-order valence-electron chi connectivity index (χ2n) is 17.9. The van der Waals surface area contributed by atoms with Gasteiger partial charge in [-0.25, -0.2) is 0 Å². The topological polar surface area (TPSA) is 111 Å². The number of carbonyl (C=O) groups excluding carboxylic acids is 2. The Bertz CT molecular complexity index is 1350. The fraction of sp³-hybridized carbons (Fsp3) is 0.725. The van der Waals surface area contributed by atoms with Crippen LogP contribution >= 0.6 is 0 Å². The monoisotopic (exact) mass is 807 g/mol. The molecular formula is C51H86N2O5. The molecule has 0 aliphatic rings. The van der Waals surface area contributed by atoms with Crippen LogP contribution < -0.4 is 20.5 Å². The van der Waals surface area contributed by atoms with Crippen LogP contribution in [0.3, 0.4) is 0 Å². The van der Waals surface area contributed by atoms with Crippen molar-refractivity contribution in [1.82, 2.24) is 5.32 Å². The lowest BCUT2D eigenvalue weighted by atomic mass is 9.86. The summed E-state index contributed by atoms with van der Waals surface area (Å²) in [5.41, 5.74) is 7.50. The highest BCUT2D eigenvalue weighted by atomic mass is 16.5. The second-order valence-corrected chi connectivity index (χ2v) is 17.9. The molecule has 0 aliphatic heterocycles. The number of carbonyl (C=O) groups is 2. The molecule has 0 saturated heterocycles. The predicted octanol–water partition coefficient (Wildman–Crippen LogP) is 13.6. The first-order valence-electron chi connectivity index (χ1n) is 23.9. The summed E-state index contributed by atoms with van der Waals surface area (Å²) in [6.07, 6.45) is 32.3. The van der Waals surface area contributed by atoms with Gasteiger partial charge in [0.2, 0.25) is 0 Å². The molecule has 0 fully saturated rings. The summed E-state index contributed by atoms with van der Waals surface area (Å²) < 4.78 is 12.3. The summed E-state index contributed by atoms with van der Waals surface area (Å²) in [4.78, 5) is 25.2. The number of phenols is 1. The smallest absolute Gasteiger partial charge is 0.261 e. The van der Waals surface area contributed by atoms with Crippen molar-refractivity contribution in [3.8, 4) is 17.2 Å². The standard InChI is InChI=1S/C51H86N2O5/c1-6-8-10-11-12-13-14-15-16-19-22-25-28-32-42-33-31-34-43(40-42)58-48(35-9-7-2)50(56)53-39-30-27-24-21-18-17-20-23-26-29-36-47(49(52)55)57-44-37-38-46(54)45(41-44)51(3,4)5/h31,33-34,37-38,40-41,47-48,54H,6-30,32,35-36,39H2,1-5H3,(H2,52,55)(H,53,56). The molecule has 2 rings (SSSR count). The minimum Gasteiger partial charge on any atom is -0.508 e. The van der Waals surface area contributed by atoms with Gasteiger partial charge in [-0.15, -0.1) is 0 Å². The lowest BCUT2D eigenvalue weighted by Gasteiger charge is -2.22. The van der Waals surface area contributed by atoms with E-state index in [1.807, 2.05) is 32.9 Å². The Morgan fingerprint density at radius 2 is 1.09 bits per heavy atom. The minimum atomic E-state index is -0.669. The van der Waals surface area contributed by atoms with Crippen LogP contribution in [0.4, 0.5) is 0 Å². The zero-order valence-electron chi connectivity index (χ0n) is 37.9. The molecule has 0 saturated carbocycles. The molecule has 2 amide bonds. The number of phenolic OH excluding ortho intramolecular Hbond substituents is 1. The van der Waals surface area contributed by atoms with Gasteiger partial charge in [0, 0.05) is 12.1 Å². The second kappa shape index (κ2) is 31.7. The number of ether oxygens (including phenoxy) is 2. The number of primary amides is 1. The fourth-order valence-electron chi connectivity index (χ4n) is 7.73. The molecule has 0 bridgehead atoms. The summed E-state index contributed by atoms with van der Waals surface area (Å²) in [5, 5.41) is 13.4. The van der Waals surface area contributed by atoms with Crippen molar-refractivity contribution in [2.45, 2.75) is 232 Å². The van der Waals surface area contributed by atoms with Crippen molar-refractivity contribution >= 4 is 11.8 Å². The van der Waals surface area contributed by atoms with Crippen molar-refractivity contribution in [2.75, 3.05) is 6.54 Å². The van der Waals surface area contributed by atoms with Crippen molar-refractivity contribution in [1.29, 1.82) is 0 Å². The fourth-order valence-corrected chi connectivity index (χ4v) is 7.73. The highest BCUT2D eigenvalue weighted by Gasteiger charge is 2.22. The number of rotatable bonds is 36. The number of aromatic hydroxyl groups is 1. The first-order chi connectivity index (χ1) is 28.0. The Morgan fingerprint density at radius 3 is 1.64 bits per heavy atom. The van der Waals surface area contributed by atoms with Crippen LogP contribution in [-0.4, -0.2) is 35.7 Å². The molecule has 0 spiro atoms. The SMILES string of the molecule is CCCCCCCCCCCCCCCc1cccc(OC(CCCC)C(=O)NCCCCCCCCCCCCC(Oc2ccc(O)c(C(C)(C)C)c2)C(N)=O)c1. The van der Waals surface area contributed by atoms with E-state index in [4.69, 9.17) is 15.2 Å². The maximum Gasteiger partial charge on any atom is 0.261 e. The van der Waals surface area contributed by atoms with Crippen LogP contribution in [-0.2, 0) is 21.4 Å². The van der Waals surface area contributed by atoms with E-state index < -0.39 is 18.1 Å². The van der Waals surface area contributed by atoms with Crippen molar-refractivity contribution in [3.05, 3.63) is 53.6 Å². The third-order valence-electron chi connectivity index (χ3n) is 11.4. The molecular weight excluding hydrogens is 721 g/mol. The molecule has 2 unspecified atom stereocenters. The lowest BCUT2D eigenvalue weighted by molar-refractivity contribution is -0.128. The number of unbranched alkanes of at least 4 members (excludes halogenated alkanes) is 22. The van der Waals surface area contributed by atoms with Gasteiger partial charge in [-0.3, -0.25) is 9.59 Å². The van der Waals surface area contributed by atoms with Crippen molar-refractivity contribution in [3.63, 3.8) is 0 Å². The number of hydrogen-bond acceptors (Lipinski definition) is 5. The molecule has 7 heteroatoms. The van der Waals surface area contributed by atoms with Gasteiger partial charge < -0.3 is 25.6 Å². The quantitative estimate of drug-likeness (QED) is 0.0594. The number of benzene rings is 2. The van der Waals surface area contributed by atoms with Gasteiger partial charge in [-0.05, 0) is 86.3 Å². The highest BCUT2D eigenvalue weighted by Crippen LogP contribution is 2.34. The van der Waals surface area contributed by atoms with Gasteiger partial charge >= 0.3 is 0 Å². The summed E-state index contributed by atoms with van der Waals surface area (Å²) in [5.74, 6) is 1.16. The van der Waals surface area contributed by atoms with E-state index in [1.54, 1.807) is 12.1 Å². The summed E-state index contributed by atoms with van der Waals surface area (Å²) in [7, 11) is 0. The largest absolute Gasteiger partial charge is 0.508 e. The number of amides is 2. The van der Waals surface area contributed by atoms with Crippen LogP contribution in [0.25, 0.3) is 0 Å². The molecule has 330 valence electrons. The normalized spacial score (nSPS) is 12.6. The van der Waals surface area contributed by atoms with E-state index in [-0.39, 0.29) is 17.1 Å². The van der Waals surface area contributed by atoms with E-state index >= 15 is 0 Å². The van der Waals surface area contributed by atoms with E-state index in [0.29, 0.717) is 18.7 Å². The Kier molecular flexibility index (Phi) is 27.8. The maximum absolute atomic E-state index is 13.2. The number of nitrogens with two attached hydrogens (primary N) is 1. The average molecular weight is 807 g/mol. The Morgan fingerprint density at radius 1 is 0.603 bits per heavy atom. The van der Waals surface area contributed by atoms with Crippen LogP contribution in [0.5, 0.6) is 17.2 Å². The average Bonchev–Trinajstić information content (AvgIpc) is 3.19. The molecule has 0 aliphatic carbocycles. The molecule has 0 radical (unpaired) electrons. The lowest BCUT2D eigenvalue weighted by Crippen LogP contribution is -2.38. The maximum atomic E-state index is 13.2. The highest BCUT2D eigenvalue weighted by molar-refractivity contribution is 5.81. The first kappa shape index (κ1) is 50.9. The van der Waals surface area contributed by atoms with Gasteiger partial charge in [0.05, 0.1) is 0 Å². The Balaban J connectivity index is 1.54. The van der Waals surface area contributed by atoms with Crippen LogP contribution in [0.2, 0.25) is 0 Å². The van der Waals surface area contributed by atoms with Crippen LogP contribution in [0.1, 0.15) is 219 Å². The molecule has 58 heavy (non-hydrogen) atoms. The molecule has 0 heterocycles. The van der Waals surface area contributed by atoms with Crippen molar-refractivity contribution < 1.29 is 24.2 Å².